The molecule has 0 bridgehead atoms. The number of hydrogen-bond donors (Lipinski definition) is 3. The Hall–Kier alpha value is -2.41. The average molecular weight is 260 g/mol. The summed E-state index contributed by atoms with van der Waals surface area (Å²) in [4.78, 5) is 15.7. The monoisotopic (exact) mass is 260 g/mol. The van der Waals surface area contributed by atoms with Gasteiger partial charge in [0.15, 0.2) is 0 Å². The first-order valence-corrected chi connectivity index (χ1v) is 5.84. The summed E-state index contributed by atoms with van der Waals surface area (Å²) in [7, 11) is 1.69. The van der Waals surface area contributed by atoms with Gasteiger partial charge in [-0.15, -0.1) is 0 Å². The third-order valence-corrected chi connectivity index (χ3v) is 2.61. The topological polar surface area (TPSA) is 97.9 Å². The highest BCUT2D eigenvalue weighted by molar-refractivity contribution is 5.98. The molecule has 100 valence electrons. The van der Waals surface area contributed by atoms with E-state index in [-0.39, 0.29) is 12.1 Å². The Labute approximate surface area is 110 Å². The van der Waals surface area contributed by atoms with Gasteiger partial charge in [0, 0.05) is 18.8 Å². The molecule has 19 heavy (non-hydrogen) atoms. The molecule has 2 rings (SSSR count). The number of amides is 2. The minimum atomic E-state index is -0.377. The van der Waals surface area contributed by atoms with Crippen molar-refractivity contribution in [2.24, 2.45) is 12.8 Å². The maximum absolute atomic E-state index is 11.8. The molecule has 0 spiro atoms. The summed E-state index contributed by atoms with van der Waals surface area (Å²) in [6, 6.07) is 6.93. The molecule has 1 unspecified atom stereocenters. The van der Waals surface area contributed by atoms with Crippen molar-refractivity contribution < 1.29 is 4.79 Å². The fourth-order valence-electron chi connectivity index (χ4n) is 1.57. The van der Waals surface area contributed by atoms with Crippen molar-refractivity contribution in [3.05, 3.63) is 36.2 Å². The number of aromatic nitrogens is 3. The molecule has 2 aromatic rings. The van der Waals surface area contributed by atoms with Crippen LogP contribution in [-0.4, -0.2) is 20.8 Å². The number of nitrogens with two attached hydrogens (primary N) is 1. The van der Waals surface area contributed by atoms with Crippen molar-refractivity contribution in [2.45, 2.75) is 13.0 Å². The van der Waals surface area contributed by atoms with E-state index in [9.17, 15) is 4.79 Å². The van der Waals surface area contributed by atoms with Gasteiger partial charge < -0.3 is 11.1 Å². The number of rotatable bonds is 3. The minimum Gasteiger partial charge on any atom is -0.324 e. The molecule has 0 aliphatic rings. The summed E-state index contributed by atoms with van der Waals surface area (Å²) in [5.74, 6) is 0.376. The molecule has 1 aromatic carbocycles. The summed E-state index contributed by atoms with van der Waals surface area (Å²) < 4.78 is 1.47. The summed E-state index contributed by atoms with van der Waals surface area (Å²) in [6.45, 7) is 1.89. The van der Waals surface area contributed by atoms with E-state index < -0.39 is 0 Å². The number of aryl methyl sites for hydroxylation is 1. The zero-order valence-electron chi connectivity index (χ0n) is 10.8. The lowest BCUT2D eigenvalue weighted by atomic mass is 10.1. The van der Waals surface area contributed by atoms with Crippen molar-refractivity contribution in [3.8, 4) is 0 Å². The lowest BCUT2D eigenvalue weighted by molar-refractivity contribution is 0.262. The Morgan fingerprint density at radius 1 is 1.42 bits per heavy atom. The predicted octanol–water partition coefficient (Wildman–Crippen LogP) is 1.48. The Bertz CT molecular complexity index is 577. The number of benzene rings is 1. The molecule has 1 aromatic heterocycles. The summed E-state index contributed by atoms with van der Waals surface area (Å²) in [6.07, 6.45) is 1.37. The van der Waals surface area contributed by atoms with Crippen LogP contribution in [0.4, 0.5) is 16.4 Å². The summed E-state index contributed by atoms with van der Waals surface area (Å²) >= 11 is 0. The summed E-state index contributed by atoms with van der Waals surface area (Å²) in [5.41, 5.74) is 7.42. The molecule has 0 aliphatic carbocycles. The number of anilines is 2. The maximum Gasteiger partial charge on any atom is 0.326 e. The van der Waals surface area contributed by atoms with Crippen molar-refractivity contribution in [1.29, 1.82) is 0 Å². The molecule has 0 aliphatic heterocycles. The van der Waals surface area contributed by atoms with E-state index in [4.69, 9.17) is 5.73 Å². The van der Waals surface area contributed by atoms with Crippen LogP contribution in [0.25, 0.3) is 0 Å². The van der Waals surface area contributed by atoms with Gasteiger partial charge in [0.1, 0.15) is 6.33 Å². The van der Waals surface area contributed by atoms with Crippen LogP contribution in [0.5, 0.6) is 0 Å². The molecule has 2 amide bonds. The van der Waals surface area contributed by atoms with Crippen LogP contribution >= 0.6 is 0 Å². The fourth-order valence-corrected chi connectivity index (χ4v) is 1.57. The molecule has 1 heterocycles. The van der Waals surface area contributed by atoms with Crippen LogP contribution in [0.1, 0.15) is 18.5 Å². The predicted molar refractivity (Wildman–Crippen MR) is 72.7 cm³/mol. The van der Waals surface area contributed by atoms with E-state index in [0.29, 0.717) is 11.6 Å². The number of urea groups is 1. The highest BCUT2D eigenvalue weighted by Crippen LogP contribution is 2.15. The number of nitrogens with one attached hydrogen (secondary N) is 2. The Morgan fingerprint density at radius 2 is 2.21 bits per heavy atom. The van der Waals surface area contributed by atoms with E-state index in [1.165, 1.54) is 11.0 Å². The molecule has 0 saturated heterocycles. The number of hydrogen-bond acceptors (Lipinski definition) is 4. The van der Waals surface area contributed by atoms with Gasteiger partial charge in [-0.05, 0) is 24.6 Å². The molecule has 7 heteroatoms. The molecule has 0 fully saturated rings. The van der Waals surface area contributed by atoms with Crippen LogP contribution in [0.2, 0.25) is 0 Å². The van der Waals surface area contributed by atoms with Crippen LogP contribution in [-0.2, 0) is 7.05 Å². The minimum absolute atomic E-state index is 0.0800. The zero-order valence-corrected chi connectivity index (χ0v) is 10.8. The second-order valence-electron chi connectivity index (χ2n) is 4.20. The van der Waals surface area contributed by atoms with E-state index in [2.05, 4.69) is 20.7 Å². The lowest BCUT2D eigenvalue weighted by Crippen LogP contribution is -2.21. The third-order valence-electron chi connectivity index (χ3n) is 2.61. The fraction of sp³-hybridized carbons (Fsp3) is 0.250. The summed E-state index contributed by atoms with van der Waals surface area (Å²) in [5, 5.41) is 9.17. The van der Waals surface area contributed by atoms with E-state index in [1.807, 2.05) is 25.1 Å². The average Bonchev–Trinajstić information content (AvgIpc) is 2.75. The second kappa shape index (κ2) is 5.49. The zero-order chi connectivity index (χ0) is 13.8. The van der Waals surface area contributed by atoms with Crippen molar-refractivity contribution in [1.82, 2.24) is 14.8 Å². The van der Waals surface area contributed by atoms with Crippen molar-refractivity contribution in [2.75, 3.05) is 10.6 Å². The maximum atomic E-state index is 11.8. The van der Waals surface area contributed by atoms with Gasteiger partial charge in [0.25, 0.3) is 0 Å². The SMILES string of the molecule is CC(N)c1cccc(NC(=O)Nc2ncnn2C)c1. The number of nitrogens with zero attached hydrogens (tertiary/aromatic N) is 3. The van der Waals surface area contributed by atoms with Gasteiger partial charge >= 0.3 is 6.03 Å². The number of carbonyl (C=O) groups excluding carboxylic acids is 1. The molecule has 0 saturated carbocycles. The molecular formula is C12H16N6O. The van der Waals surface area contributed by atoms with Gasteiger partial charge in [0.05, 0.1) is 0 Å². The van der Waals surface area contributed by atoms with Gasteiger partial charge in [0.2, 0.25) is 5.95 Å². The number of carbonyl (C=O) groups is 1. The van der Waals surface area contributed by atoms with Crippen LogP contribution in [0, 0.1) is 0 Å². The first-order chi connectivity index (χ1) is 9.06. The van der Waals surface area contributed by atoms with Gasteiger partial charge in [-0.3, -0.25) is 5.32 Å². The van der Waals surface area contributed by atoms with Crippen LogP contribution in [0.15, 0.2) is 30.6 Å². The van der Waals surface area contributed by atoms with Crippen LogP contribution in [0.3, 0.4) is 0 Å². The Morgan fingerprint density at radius 3 is 2.84 bits per heavy atom. The van der Waals surface area contributed by atoms with Gasteiger partial charge in [-0.1, -0.05) is 12.1 Å². The molecule has 7 nitrogen and oxygen atoms in total. The first kappa shape index (κ1) is 13.0. The smallest absolute Gasteiger partial charge is 0.324 e. The highest BCUT2D eigenvalue weighted by atomic mass is 16.2. The quantitative estimate of drug-likeness (QED) is 0.778. The molecule has 0 radical (unpaired) electrons. The van der Waals surface area contributed by atoms with Gasteiger partial charge in [-0.2, -0.15) is 10.1 Å². The second-order valence-corrected chi connectivity index (χ2v) is 4.20. The Balaban J connectivity index is 2.03. The molecule has 1 atom stereocenters. The molecule has 4 N–H and O–H groups in total. The van der Waals surface area contributed by atoms with E-state index in [0.717, 1.165) is 5.56 Å². The largest absolute Gasteiger partial charge is 0.326 e. The standard InChI is InChI=1S/C12H16N6O/c1-8(13)9-4-3-5-10(6-9)16-12(19)17-11-14-7-15-18(11)2/h3-8H,13H2,1-2H3,(H2,14,15,16,17,19). The van der Waals surface area contributed by atoms with Gasteiger partial charge in [-0.25, -0.2) is 9.48 Å². The van der Waals surface area contributed by atoms with E-state index in [1.54, 1.807) is 13.1 Å². The van der Waals surface area contributed by atoms with Crippen molar-refractivity contribution >= 4 is 17.7 Å². The lowest BCUT2D eigenvalue weighted by Gasteiger charge is -2.10. The van der Waals surface area contributed by atoms with Crippen LogP contribution < -0.4 is 16.4 Å². The Kier molecular flexibility index (Phi) is 3.76. The highest BCUT2D eigenvalue weighted by Gasteiger charge is 2.07. The first-order valence-electron chi connectivity index (χ1n) is 5.84. The normalized spacial score (nSPS) is 11.9. The third kappa shape index (κ3) is 3.29. The van der Waals surface area contributed by atoms with Crippen molar-refractivity contribution in [3.63, 3.8) is 0 Å². The van der Waals surface area contributed by atoms with E-state index >= 15 is 0 Å². The molecular weight excluding hydrogens is 244 g/mol.